The van der Waals surface area contributed by atoms with Gasteiger partial charge >= 0.3 is 0 Å². The van der Waals surface area contributed by atoms with E-state index in [9.17, 15) is 19.5 Å². The third-order valence-corrected chi connectivity index (χ3v) is 4.19. The van der Waals surface area contributed by atoms with Gasteiger partial charge in [0.1, 0.15) is 5.82 Å². The molecule has 28 heavy (non-hydrogen) atoms. The normalized spacial score (nSPS) is 16.7. The molecule has 2 atom stereocenters. The first-order chi connectivity index (χ1) is 13.5. The molecule has 0 spiro atoms. The highest BCUT2D eigenvalue weighted by Crippen LogP contribution is 2.33. The van der Waals surface area contributed by atoms with Crippen LogP contribution in [-0.4, -0.2) is 63.3 Å². The Morgan fingerprint density at radius 1 is 1.43 bits per heavy atom. The van der Waals surface area contributed by atoms with Crippen LogP contribution in [0.25, 0.3) is 0 Å². The molecule has 11 nitrogen and oxygen atoms in total. The molecular formula is C16H19FN6O5. The van der Waals surface area contributed by atoms with Crippen molar-refractivity contribution >= 4 is 17.6 Å². The lowest BCUT2D eigenvalue weighted by atomic mass is 9.83. The first-order valence-corrected chi connectivity index (χ1v) is 8.41. The number of rotatable bonds is 8. The lowest BCUT2D eigenvalue weighted by Gasteiger charge is -2.31. The first-order valence-electron chi connectivity index (χ1n) is 8.41. The molecule has 1 aliphatic carbocycles. The maximum atomic E-state index is 13.4. The van der Waals surface area contributed by atoms with Gasteiger partial charge in [0.05, 0.1) is 25.3 Å². The molecule has 0 fully saturated rings. The number of carbonyl (C=O) groups is 1. The second-order valence-corrected chi connectivity index (χ2v) is 6.15. The van der Waals surface area contributed by atoms with Gasteiger partial charge in [-0.1, -0.05) is 11.2 Å². The monoisotopic (exact) mass is 394 g/mol. The molecule has 1 heterocycles. The van der Waals surface area contributed by atoms with Crippen molar-refractivity contribution in [1.29, 1.82) is 0 Å². The van der Waals surface area contributed by atoms with Crippen molar-refractivity contribution in [2.24, 2.45) is 5.16 Å². The molecule has 3 rings (SSSR count). The van der Waals surface area contributed by atoms with Gasteiger partial charge in [-0.2, -0.15) is 0 Å². The number of aliphatic hydroxyl groups is 2. The van der Waals surface area contributed by atoms with Crippen LogP contribution in [0, 0.1) is 5.82 Å². The van der Waals surface area contributed by atoms with Gasteiger partial charge in [0.2, 0.25) is 11.7 Å². The van der Waals surface area contributed by atoms with Crippen LogP contribution in [0.2, 0.25) is 0 Å². The van der Waals surface area contributed by atoms with E-state index in [1.807, 2.05) is 0 Å². The summed E-state index contributed by atoms with van der Waals surface area (Å²) in [5, 5.41) is 45.7. The van der Waals surface area contributed by atoms with E-state index in [0.29, 0.717) is 6.42 Å². The predicted molar refractivity (Wildman–Crippen MR) is 93.2 cm³/mol. The van der Waals surface area contributed by atoms with Gasteiger partial charge in [0, 0.05) is 6.54 Å². The Morgan fingerprint density at radius 2 is 2.25 bits per heavy atom. The number of amidine groups is 1. The number of aliphatic hydroxyl groups excluding tert-OH is 2. The molecule has 1 aliphatic rings. The molecule has 2 aromatic rings. The molecule has 0 bridgehead atoms. The SMILES string of the molecule is O=C(CNc1nonc1/C(=N/O)NC1Cc2ccc(F)cc21)NCC(O)CO. The van der Waals surface area contributed by atoms with E-state index < -0.39 is 18.6 Å². The van der Waals surface area contributed by atoms with Crippen LogP contribution >= 0.6 is 0 Å². The van der Waals surface area contributed by atoms with E-state index in [2.05, 4.69) is 36.0 Å². The summed E-state index contributed by atoms with van der Waals surface area (Å²) in [6, 6.07) is 4.20. The number of fused-ring (bicyclic) bond motifs is 1. The van der Waals surface area contributed by atoms with Crippen LogP contribution in [0.15, 0.2) is 28.0 Å². The van der Waals surface area contributed by atoms with Gasteiger partial charge in [-0.25, -0.2) is 9.02 Å². The largest absolute Gasteiger partial charge is 0.409 e. The van der Waals surface area contributed by atoms with Gasteiger partial charge in [0.25, 0.3) is 0 Å². The zero-order valence-corrected chi connectivity index (χ0v) is 14.6. The second-order valence-electron chi connectivity index (χ2n) is 6.15. The van der Waals surface area contributed by atoms with E-state index in [1.165, 1.54) is 12.1 Å². The summed E-state index contributed by atoms with van der Waals surface area (Å²) in [5.74, 6) is -0.840. The van der Waals surface area contributed by atoms with Crippen molar-refractivity contribution in [3.63, 3.8) is 0 Å². The fourth-order valence-electron chi connectivity index (χ4n) is 2.70. The predicted octanol–water partition coefficient (Wildman–Crippen LogP) is -0.887. The van der Waals surface area contributed by atoms with Gasteiger partial charge in [-0.05, 0) is 40.0 Å². The van der Waals surface area contributed by atoms with Crippen LogP contribution in [-0.2, 0) is 11.2 Å². The average Bonchev–Trinajstić information content (AvgIpc) is 3.15. The minimum Gasteiger partial charge on any atom is -0.409 e. The van der Waals surface area contributed by atoms with E-state index in [0.717, 1.165) is 11.1 Å². The number of amides is 1. The highest BCUT2D eigenvalue weighted by molar-refractivity contribution is 6.01. The smallest absolute Gasteiger partial charge is 0.239 e. The van der Waals surface area contributed by atoms with Gasteiger partial charge in [-0.15, -0.1) is 0 Å². The number of anilines is 1. The lowest BCUT2D eigenvalue weighted by molar-refractivity contribution is -0.119. The quantitative estimate of drug-likeness (QED) is 0.144. The standard InChI is InChI=1S/C16H19FN6O5/c17-9-2-1-8-3-12(11(8)4-9)20-16(21-27)14-15(23-28-22-14)19-6-13(26)18-5-10(25)7-24/h1-2,4,10,12,24-25,27H,3,5-7H2,(H,18,26)(H,19,23)(H,20,21). The zero-order valence-electron chi connectivity index (χ0n) is 14.6. The van der Waals surface area contributed by atoms with E-state index in [-0.39, 0.29) is 42.3 Å². The van der Waals surface area contributed by atoms with Crippen molar-refractivity contribution in [3.05, 3.63) is 40.8 Å². The third-order valence-electron chi connectivity index (χ3n) is 4.19. The van der Waals surface area contributed by atoms with Gasteiger partial charge < -0.3 is 31.4 Å². The van der Waals surface area contributed by atoms with Crippen molar-refractivity contribution in [3.8, 4) is 0 Å². The first kappa shape index (κ1) is 19.5. The fourth-order valence-corrected chi connectivity index (χ4v) is 2.70. The Bertz CT molecular complexity index is 873. The Hall–Kier alpha value is -3.25. The van der Waals surface area contributed by atoms with Crippen LogP contribution < -0.4 is 16.0 Å². The number of oxime groups is 1. The van der Waals surface area contributed by atoms with Crippen LogP contribution in [0.3, 0.4) is 0 Å². The number of nitrogens with one attached hydrogen (secondary N) is 3. The summed E-state index contributed by atoms with van der Waals surface area (Å²) in [7, 11) is 0. The number of halogens is 1. The average molecular weight is 394 g/mol. The maximum Gasteiger partial charge on any atom is 0.239 e. The summed E-state index contributed by atoms with van der Waals surface area (Å²) < 4.78 is 18.0. The van der Waals surface area contributed by atoms with Crippen LogP contribution in [0.1, 0.15) is 22.9 Å². The number of aromatic nitrogens is 2. The van der Waals surface area contributed by atoms with Gasteiger partial charge in [-0.3, -0.25) is 4.79 Å². The van der Waals surface area contributed by atoms with E-state index in [1.54, 1.807) is 6.07 Å². The Kier molecular flexibility index (Phi) is 6.01. The maximum absolute atomic E-state index is 13.4. The van der Waals surface area contributed by atoms with E-state index >= 15 is 0 Å². The molecule has 2 unspecified atom stereocenters. The number of benzene rings is 1. The second kappa shape index (κ2) is 8.63. The molecule has 1 amide bonds. The Balaban J connectivity index is 1.59. The molecule has 12 heteroatoms. The molecule has 0 saturated heterocycles. The molecule has 1 aromatic carbocycles. The van der Waals surface area contributed by atoms with Crippen LogP contribution in [0.5, 0.6) is 0 Å². The van der Waals surface area contributed by atoms with Crippen molar-refractivity contribution in [1.82, 2.24) is 20.9 Å². The van der Waals surface area contributed by atoms with Crippen molar-refractivity contribution in [2.75, 3.05) is 25.0 Å². The highest BCUT2D eigenvalue weighted by Gasteiger charge is 2.29. The lowest BCUT2D eigenvalue weighted by Crippen LogP contribution is -2.38. The Labute approximate surface area is 158 Å². The zero-order chi connectivity index (χ0) is 20.1. The molecule has 150 valence electrons. The topological polar surface area (TPSA) is 165 Å². The fraction of sp³-hybridized carbons (Fsp3) is 0.375. The summed E-state index contributed by atoms with van der Waals surface area (Å²) in [5.41, 5.74) is 1.76. The summed E-state index contributed by atoms with van der Waals surface area (Å²) in [4.78, 5) is 11.7. The molecular weight excluding hydrogens is 375 g/mol. The van der Waals surface area contributed by atoms with Crippen molar-refractivity contribution in [2.45, 2.75) is 18.6 Å². The minimum atomic E-state index is -1.05. The molecule has 0 saturated carbocycles. The Morgan fingerprint density at radius 3 is 3.00 bits per heavy atom. The van der Waals surface area contributed by atoms with Crippen molar-refractivity contribution < 1.29 is 29.2 Å². The van der Waals surface area contributed by atoms with Gasteiger partial charge in [0.15, 0.2) is 11.5 Å². The summed E-state index contributed by atoms with van der Waals surface area (Å²) in [6.45, 7) is -0.805. The minimum absolute atomic E-state index is 0.0375. The molecule has 0 radical (unpaired) electrons. The molecule has 6 N–H and O–H groups in total. The highest BCUT2D eigenvalue weighted by atomic mass is 19.1. The van der Waals surface area contributed by atoms with E-state index in [4.69, 9.17) is 5.11 Å². The number of nitrogens with zero attached hydrogens (tertiary/aromatic N) is 3. The number of hydrogen-bond donors (Lipinski definition) is 6. The third kappa shape index (κ3) is 4.35. The molecule has 0 aliphatic heterocycles. The number of hydrogen-bond acceptors (Lipinski definition) is 9. The van der Waals surface area contributed by atoms with Crippen LogP contribution in [0.4, 0.5) is 10.2 Å². The number of carbonyl (C=O) groups excluding carboxylic acids is 1. The molecule has 1 aromatic heterocycles. The summed E-state index contributed by atoms with van der Waals surface area (Å²) in [6.07, 6.45) is -0.445. The summed E-state index contributed by atoms with van der Waals surface area (Å²) >= 11 is 0.